The largest absolute Gasteiger partial charge is 0.508 e. The van der Waals surface area contributed by atoms with Gasteiger partial charge in [0.05, 0.1) is 0 Å². The lowest BCUT2D eigenvalue weighted by Crippen LogP contribution is -2.72. The van der Waals surface area contributed by atoms with Crippen molar-refractivity contribution in [2.45, 2.75) is 155 Å². The van der Waals surface area contributed by atoms with Crippen molar-refractivity contribution in [3.63, 3.8) is 0 Å². The van der Waals surface area contributed by atoms with Crippen molar-refractivity contribution in [1.29, 1.82) is 0 Å². The fourth-order valence-corrected chi connectivity index (χ4v) is 8.52. The molecule has 1 aromatic rings. The Bertz CT molecular complexity index is 1150. The van der Waals surface area contributed by atoms with Crippen LogP contribution in [0.3, 0.4) is 0 Å². The summed E-state index contributed by atoms with van der Waals surface area (Å²) in [6, 6.07) is 2.57. The number of carbonyl (C=O) groups is 2. The van der Waals surface area contributed by atoms with Gasteiger partial charge in [-0.1, -0.05) is 111 Å². The van der Waals surface area contributed by atoms with Crippen LogP contribution in [0.5, 0.6) is 11.5 Å². The molecule has 2 saturated carbocycles. The maximum Gasteiger partial charge on any atom is 0.342 e. The highest BCUT2D eigenvalue weighted by molar-refractivity contribution is 5.94. The van der Waals surface area contributed by atoms with Crippen LogP contribution in [-0.2, 0) is 14.3 Å². The van der Waals surface area contributed by atoms with E-state index in [0.29, 0.717) is 30.2 Å². The van der Waals surface area contributed by atoms with Gasteiger partial charge in [0.1, 0.15) is 23.2 Å². The first-order valence-corrected chi connectivity index (χ1v) is 17.6. The third-order valence-electron chi connectivity index (χ3n) is 11.0. The topological polar surface area (TPSA) is 93.1 Å². The first-order valence-electron chi connectivity index (χ1n) is 17.6. The maximum atomic E-state index is 13.3. The summed E-state index contributed by atoms with van der Waals surface area (Å²) in [5.41, 5.74) is -0.681. The molecule has 0 saturated heterocycles. The van der Waals surface area contributed by atoms with Crippen LogP contribution in [0.4, 0.5) is 0 Å². The Hall–Kier alpha value is -2.50. The van der Waals surface area contributed by atoms with E-state index < -0.39 is 17.7 Å². The lowest BCUT2D eigenvalue weighted by molar-refractivity contribution is -0.256. The van der Waals surface area contributed by atoms with Gasteiger partial charge in [-0.2, -0.15) is 0 Å². The van der Waals surface area contributed by atoms with Crippen LogP contribution < -0.4 is 0 Å². The third-order valence-corrected chi connectivity index (χ3v) is 11.0. The highest BCUT2D eigenvalue weighted by Crippen LogP contribution is 2.68. The molecule has 0 aliphatic heterocycles. The van der Waals surface area contributed by atoms with Gasteiger partial charge < -0.3 is 19.7 Å². The highest BCUT2D eigenvalue weighted by Gasteiger charge is 2.72. The smallest absolute Gasteiger partial charge is 0.342 e. The Morgan fingerprint density at radius 2 is 1.43 bits per heavy atom. The van der Waals surface area contributed by atoms with Crippen LogP contribution in [0.25, 0.3) is 0 Å². The number of benzene rings is 1. The molecule has 0 spiro atoms. The normalized spacial score (nSPS) is 28.2. The van der Waals surface area contributed by atoms with Crippen molar-refractivity contribution in [3.8, 4) is 11.5 Å². The Labute approximate surface area is 266 Å². The van der Waals surface area contributed by atoms with Crippen LogP contribution in [0, 0.1) is 29.6 Å². The summed E-state index contributed by atoms with van der Waals surface area (Å²) in [6.45, 7) is 10.7. The Morgan fingerprint density at radius 1 is 0.841 bits per heavy atom. The minimum Gasteiger partial charge on any atom is -0.508 e. The third kappa shape index (κ3) is 7.65. The van der Waals surface area contributed by atoms with Crippen LogP contribution in [0.1, 0.15) is 153 Å². The molecule has 44 heavy (non-hydrogen) atoms. The summed E-state index contributed by atoms with van der Waals surface area (Å²) in [6.07, 6.45) is 22.9. The number of allylic oxidation sites excluding steroid dienone is 1. The maximum absolute atomic E-state index is 13.3. The molecule has 0 aromatic heterocycles. The lowest BCUT2D eigenvalue weighted by Gasteiger charge is -2.64. The van der Waals surface area contributed by atoms with Crippen molar-refractivity contribution < 1.29 is 29.3 Å². The predicted molar refractivity (Wildman–Crippen MR) is 175 cm³/mol. The summed E-state index contributed by atoms with van der Waals surface area (Å²) in [5, 5.41) is 20.2. The molecule has 6 heteroatoms. The van der Waals surface area contributed by atoms with Gasteiger partial charge >= 0.3 is 11.9 Å². The average molecular weight is 611 g/mol. The van der Waals surface area contributed by atoms with E-state index in [1.807, 2.05) is 6.08 Å². The first-order chi connectivity index (χ1) is 20.9. The molecule has 2 N–H and O–H groups in total. The zero-order chi connectivity index (χ0) is 32.0. The number of phenols is 2. The van der Waals surface area contributed by atoms with E-state index in [-0.39, 0.29) is 33.9 Å². The van der Waals surface area contributed by atoms with E-state index in [4.69, 9.17) is 9.47 Å². The molecule has 4 rings (SSSR count). The minimum absolute atomic E-state index is 0.0320. The van der Waals surface area contributed by atoms with Crippen molar-refractivity contribution in [2.75, 3.05) is 0 Å². The van der Waals surface area contributed by atoms with Crippen molar-refractivity contribution in [3.05, 3.63) is 35.4 Å². The molecular weight excluding hydrogens is 552 g/mol. The van der Waals surface area contributed by atoms with Gasteiger partial charge in [0.15, 0.2) is 5.60 Å². The Balaban J connectivity index is 1.31. The Kier molecular flexibility index (Phi) is 11.5. The fraction of sp³-hybridized carbons (Fsp3) is 0.737. The average Bonchev–Trinajstić information content (AvgIpc) is 3.27. The number of fused-ring (bicyclic) bond motifs is 3. The van der Waals surface area contributed by atoms with E-state index in [9.17, 15) is 19.8 Å². The van der Waals surface area contributed by atoms with Gasteiger partial charge in [-0.25, -0.2) is 4.79 Å². The number of esters is 2. The number of aromatic hydroxyl groups is 2. The molecule has 5 atom stereocenters. The van der Waals surface area contributed by atoms with Crippen molar-refractivity contribution in [2.24, 2.45) is 22.7 Å². The molecule has 2 fully saturated rings. The van der Waals surface area contributed by atoms with Crippen LogP contribution in [-0.4, -0.2) is 33.9 Å². The lowest BCUT2D eigenvalue weighted by atomic mass is 9.46. The summed E-state index contributed by atoms with van der Waals surface area (Å²) in [5.74, 6) is -0.574. The minimum atomic E-state index is -1.02. The van der Waals surface area contributed by atoms with E-state index in [1.165, 1.54) is 70.3 Å². The molecule has 6 nitrogen and oxygen atoms in total. The van der Waals surface area contributed by atoms with Crippen molar-refractivity contribution >= 4 is 11.9 Å². The zero-order valence-corrected chi connectivity index (χ0v) is 28.1. The SMILES string of the molecule is CCCCCCCCCCCCCCCC(=O)O[C@]12C=C[C@@H]3CC(C)(C)C[C@@H]3[C@@]1(C)C[C@H]2OC(=O)c1c(C)cc(O)cc1O. The summed E-state index contributed by atoms with van der Waals surface area (Å²) < 4.78 is 12.4. The second kappa shape index (κ2) is 14.7. The zero-order valence-electron chi connectivity index (χ0n) is 28.1. The van der Waals surface area contributed by atoms with Gasteiger partial charge in [0, 0.05) is 17.9 Å². The highest BCUT2D eigenvalue weighted by atomic mass is 16.6. The number of hydrogen-bond acceptors (Lipinski definition) is 6. The standard InChI is InChI=1S/C38H58O6/c1-6-7-8-9-10-11-12-13-14-15-16-17-18-19-33(41)44-38-21-20-28-24-36(3,4)25-30(28)37(38,5)26-32(38)43-35(42)34-27(2)22-29(39)23-31(34)40/h20-23,28,30,32,39-40H,6-19,24-26H2,1-5H3/t28-,30+,32-,37-,38+/m1/s1. The molecule has 0 radical (unpaired) electrons. The number of phenolic OH excluding ortho intramolecular Hbond substituents is 2. The van der Waals surface area contributed by atoms with Gasteiger partial charge in [-0.05, 0) is 67.6 Å². The first kappa shape index (κ1) is 34.4. The fourth-order valence-electron chi connectivity index (χ4n) is 8.52. The van der Waals surface area contributed by atoms with E-state index >= 15 is 0 Å². The molecular formula is C38H58O6. The van der Waals surface area contributed by atoms with Crippen molar-refractivity contribution in [1.82, 2.24) is 0 Å². The van der Waals surface area contributed by atoms with Crippen LogP contribution in [0.2, 0.25) is 0 Å². The number of carbonyl (C=O) groups excluding carboxylic acids is 2. The molecule has 3 aliphatic carbocycles. The van der Waals surface area contributed by atoms with E-state index in [2.05, 4.69) is 33.8 Å². The van der Waals surface area contributed by atoms with Crippen LogP contribution >= 0.6 is 0 Å². The summed E-state index contributed by atoms with van der Waals surface area (Å²) in [7, 11) is 0. The quantitative estimate of drug-likeness (QED) is 0.104. The van der Waals surface area contributed by atoms with Gasteiger partial charge in [0.25, 0.3) is 0 Å². The number of ether oxygens (including phenoxy) is 2. The van der Waals surface area contributed by atoms with E-state index in [0.717, 1.165) is 38.2 Å². The number of unbranched alkanes of at least 4 members (excludes halogenated alkanes) is 12. The molecule has 246 valence electrons. The predicted octanol–water partition coefficient (Wildman–Crippen LogP) is 9.73. The number of aryl methyl sites for hydroxylation is 1. The molecule has 0 heterocycles. The summed E-state index contributed by atoms with van der Waals surface area (Å²) in [4.78, 5) is 26.7. The monoisotopic (exact) mass is 610 g/mol. The molecule has 0 unspecified atom stereocenters. The van der Waals surface area contributed by atoms with Crippen LogP contribution in [0.15, 0.2) is 24.3 Å². The number of rotatable bonds is 17. The summed E-state index contributed by atoms with van der Waals surface area (Å²) >= 11 is 0. The molecule has 3 aliphatic rings. The molecule has 1 aromatic carbocycles. The van der Waals surface area contributed by atoms with Gasteiger partial charge in [-0.3, -0.25) is 4.79 Å². The van der Waals surface area contributed by atoms with E-state index in [1.54, 1.807) is 6.92 Å². The molecule has 0 bridgehead atoms. The van der Waals surface area contributed by atoms with Gasteiger partial charge in [0.2, 0.25) is 0 Å². The van der Waals surface area contributed by atoms with Gasteiger partial charge in [-0.15, -0.1) is 0 Å². The second-order valence-corrected chi connectivity index (χ2v) is 15.1. The molecule has 0 amide bonds. The number of hydrogen-bond donors (Lipinski definition) is 2. The Morgan fingerprint density at radius 3 is 2.02 bits per heavy atom. The second-order valence-electron chi connectivity index (χ2n) is 15.1.